The summed E-state index contributed by atoms with van der Waals surface area (Å²) >= 11 is 1.13. The molecule has 0 spiro atoms. The monoisotopic (exact) mass is 486 g/mol. The Hall–Kier alpha value is -2.43. The third kappa shape index (κ3) is 8.79. The number of thioether (sulfide) groups is 1. The van der Waals surface area contributed by atoms with Crippen LogP contribution in [0.5, 0.6) is 0 Å². The predicted octanol–water partition coefficient (Wildman–Crippen LogP) is 3.30. The highest BCUT2D eigenvalue weighted by Crippen LogP contribution is 2.26. The number of hydrogen-bond acceptors (Lipinski definition) is 9. The fourth-order valence-electron chi connectivity index (χ4n) is 3.07. The third-order valence-corrected chi connectivity index (χ3v) is 5.21. The van der Waals surface area contributed by atoms with Crippen LogP contribution in [0.2, 0.25) is 0 Å². The molecule has 0 radical (unpaired) electrons. The van der Waals surface area contributed by atoms with Crippen molar-refractivity contribution in [3.05, 3.63) is 0 Å². The quantitative estimate of drug-likeness (QED) is 0.552. The zero-order valence-corrected chi connectivity index (χ0v) is 21.2. The van der Waals surface area contributed by atoms with Crippen molar-refractivity contribution in [1.29, 1.82) is 0 Å². The lowest BCUT2D eigenvalue weighted by Crippen LogP contribution is -2.44. The van der Waals surface area contributed by atoms with E-state index in [0.717, 1.165) is 21.6 Å². The Balaban J connectivity index is 0.000000335. The molecular weight excluding hydrogens is 452 g/mol. The summed E-state index contributed by atoms with van der Waals surface area (Å²) in [4.78, 5) is 70.8. The predicted molar refractivity (Wildman–Crippen MR) is 121 cm³/mol. The van der Waals surface area contributed by atoms with Gasteiger partial charge >= 0.3 is 12.2 Å². The maximum atomic E-state index is 11.9. The molecule has 2 heterocycles. The number of likely N-dealkylation sites (tertiary alicyclic amines) is 2. The minimum Gasteiger partial charge on any atom is -0.443 e. The van der Waals surface area contributed by atoms with Gasteiger partial charge in [0.25, 0.3) is 0 Å². The van der Waals surface area contributed by atoms with Crippen molar-refractivity contribution in [2.45, 2.75) is 97.4 Å². The van der Waals surface area contributed by atoms with Gasteiger partial charge in [-0.05, 0) is 60.1 Å². The van der Waals surface area contributed by atoms with Crippen LogP contribution in [0.4, 0.5) is 9.59 Å². The number of ether oxygens (including phenoxy) is 2. The molecule has 33 heavy (non-hydrogen) atoms. The highest BCUT2D eigenvalue weighted by Gasteiger charge is 2.42. The smallest absolute Gasteiger partial charge is 0.417 e. The van der Waals surface area contributed by atoms with E-state index in [1.54, 1.807) is 41.5 Å². The molecule has 2 aliphatic heterocycles. The largest absolute Gasteiger partial charge is 0.443 e. The van der Waals surface area contributed by atoms with E-state index in [2.05, 4.69) is 0 Å². The van der Waals surface area contributed by atoms with E-state index in [0.29, 0.717) is 24.9 Å². The average molecular weight is 487 g/mol. The summed E-state index contributed by atoms with van der Waals surface area (Å²) in [5.74, 6) is -0.0493. The first-order chi connectivity index (χ1) is 15.1. The van der Waals surface area contributed by atoms with Crippen LogP contribution in [0.3, 0.4) is 0 Å². The zero-order chi connectivity index (χ0) is 25.6. The van der Waals surface area contributed by atoms with E-state index < -0.39 is 35.5 Å². The Kier molecular flexibility index (Phi) is 10.1. The van der Waals surface area contributed by atoms with E-state index in [1.165, 1.54) is 0 Å². The number of amides is 4. The number of carbonyl (C=O) groups is 6. The number of hydrogen-bond donors (Lipinski definition) is 0. The minimum atomic E-state index is -0.734. The first-order valence-electron chi connectivity index (χ1n) is 10.8. The van der Waals surface area contributed by atoms with Gasteiger partial charge in [-0.2, -0.15) is 0 Å². The van der Waals surface area contributed by atoms with Crippen LogP contribution in [0.25, 0.3) is 0 Å². The molecule has 0 aliphatic carbocycles. The van der Waals surface area contributed by atoms with E-state index in [4.69, 9.17) is 9.47 Å². The summed E-state index contributed by atoms with van der Waals surface area (Å²) in [5, 5.41) is -0.144. The molecule has 11 heteroatoms. The van der Waals surface area contributed by atoms with E-state index in [9.17, 15) is 28.8 Å². The second-order valence-corrected chi connectivity index (χ2v) is 10.8. The summed E-state index contributed by atoms with van der Waals surface area (Å²) < 4.78 is 10.2. The molecule has 0 unspecified atom stereocenters. The highest BCUT2D eigenvalue weighted by molar-refractivity contribution is 8.13. The van der Waals surface area contributed by atoms with Crippen LogP contribution in [0.15, 0.2) is 0 Å². The molecule has 2 rings (SSSR count). The zero-order valence-electron chi connectivity index (χ0n) is 20.3. The number of rotatable bonds is 3. The second-order valence-electron chi connectivity index (χ2n) is 9.54. The lowest BCUT2D eigenvalue weighted by Gasteiger charge is -2.26. The van der Waals surface area contributed by atoms with Crippen molar-refractivity contribution in [2.24, 2.45) is 0 Å². The highest BCUT2D eigenvalue weighted by atomic mass is 32.2. The first kappa shape index (κ1) is 28.6. The minimum absolute atomic E-state index is 0.144. The standard InChI is InChI=1S/C12H19NO4S.C10H15NO4/c1-5-18-10(15)8-6-7-9(14)13(8)11(16)17-12(2,3)4;1-10(2,3)15-9(14)11-7(6-12)4-5-8(11)13/h8H,5-7H2,1-4H3;6-7H,4-5H2,1-3H3/t8-;7-/m00/s1. The van der Waals surface area contributed by atoms with Gasteiger partial charge in [0.05, 0.1) is 6.04 Å². The van der Waals surface area contributed by atoms with Crippen LogP contribution >= 0.6 is 11.8 Å². The molecule has 10 nitrogen and oxygen atoms in total. The number of imide groups is 2. The summed E-state index contributed by atoms with van der Waals surface area (Å²) in [6.45, 7) is 12.2. The van der Waals surface area contributed by atoms with Gasteiger partial charge in [0.2, 0.25) is 16.9 Å². The molecule has 2 aliphatic rings. The van der Waals surface area contributed by atoms with Gasteiger partial charge in [0.1, 0.15) is 23.5 Å². The van der Waals surface area contributed by atoms with Crippen LogP contribution in [-0.4, -0.2) is 74.2 Å². The van der Waals surface area contributed by atoms with Crippen molar-refractivity contribution in [1.82, 2.24) is 9.80 Å². The van der Waals surface area contributed by atoms with Gasteiger partial charge in [0, 0.05) is 12.8 Å². The maximum absolute atomic E-state index is 11.9. The van der Waals surface area contributed by atoms with Crippen LogP contribution < -0.4 is 0 Å². The summed E-state index contributed by atoms with van der Waals surface area (Å²) in [6, 6.07) is -1.33. The van der Waals surface area contributed by atoms with Gasteiger partial charge in [-0.15, -0.1) is 0 Å². The van der Waals surface area contributed by atoms with Crippen LogP contribution in [0, 0.1) is 0 Å². The normalized spacial score (nSPS) is 20.8. The van der Waals surface area contributed by atoms with Crippen LogP contribution in [-0.2, 0) is 28.7 Å². The second kappa shape index (κ2) is 11.6. The fourth-order valence-corrected chi connectivity index (χ4v) is 3.77. The Morgan fingerprint density at radius 2 is 1.36 bits per heavy atom. The molecule has 0 aromatic carbocycles. The fraction of sp³-hybridized carbons (Fsp3) is 0.727. The third-order valence-electron chi connectivity index (χ3n) is 4.36. The van der Waals surface area contributed by atoms with Crippen molar-refractivity contribution in [3.63, 3.8) is 0 Å². The molecule has 0 aromatic heterocycles. The van der Waals surface area contributed by atoms with Gasteiger partial charge in [-0.25, -0.2) is 19.4 Å². The van der Waals surface area contributed by atoms with Gasteiger partial charge < -0.3 is 14.3 Å². The first-order valence-corrected chi connectivity index (χ1v) is 11.8. The topological polar surface area (TPSA) is 127 Å². The number of aldehydes is 1. The van der Waals surface area contributed by atoms with Crippen molar-refractivity contribution < 1.29 is 38.2 Å². The molecule has 2 fully saturated rings. The lowest BCUT2D eigenvalue weighted by atomic mass is 10.2. The van der Waals surface area contributed by atoms with Gasteiger partial charge in [-0.1, -0.05) is 18.7 Å². The van der Waals surface area contributed by atoms with E-state index in [1.807, 2.05) is 6.92 Å². The Morgan fingerprint density at radius 3 is 1.82 bits per heavy atom. The summed E-state index contributed by atoms with van der Waals surface area (Å²) in [7, 11) is 0. The van der Waals surface area contributed by atoms with E-state index >= 15 is 0 Å². The molecule has 0 bridgehead atoms. The molecular formula is C22H34N2O8S. The van der Waals surface area contributed by atoms with Crippen molar-refractivity contribution in [3.8, 4) is 0 Å². The van der Waals surface area contributed by atoms with Crippen molar-refractivity contribution >= 4 is 47.2 Å². The average Bonchev–Trinajstić information content (AvgIpc) is 3.22. The van der Waals surface area contributed by atoms with Crippen LogP contribution in [0.1, 0.15) is 74.1 Å². The molecule has 186 valence electrons. The van der Waals surface area contributed by atoms with Gasteiger partial charge in [-0.3, -0.25) is 14.4 Å². The Bertz CT molecular complexity index is 784. The number of carbonyl (C=O) groups excluding carboxylic acids is 6. The lowest BCUT2D eigenvalue weighted by molar-refractivity contribution is -0.131. The summed E-state index contributed by atoms with van der Waals surface area (Å²) in [6.07, 6.45) is 0.380. The SMILES string of the molecule is CC(C)(C)OC(=O)N1C(=O)CC[C@H]1C=O.CCSC(=O)[C@@H]1CCC(=O)N1C(=O)OC(C)(C)C. The molecule has 2 atom stereocenters. The molecule has 4 amide bonds. The van der Waals surface area contributed by atoms with E-state index in [-0.39, 0.29) is 29.8 Å². The molecule has 0 saturated carbocycles. The Morgan fingerprint density at radius 1 is 0.909 bits per heavy atom. The molecule has 2 saturated heterocycles. The molecule has 0 aromatic rings. The van der Waals surface area contributed by atoms with Crippen molar-refractivity contribution in [2.75, 3.05) is 5.75 Å². The maximum Gasteiger partial charge on any atom is 0.417 e. The summed E-state index contributed by atoms with van der Waals surface area (Å²) in [5.41, 5.74) is -1.33. The number of nitrogens with zero attached hydrogens (tertiary/aromatic N) is 2. The van der Waals surface area contributed by atoms with Gasteiger partial charge in [0.15, 0.2) is 0 Å². The Labute approximate surface area is 198 Å². The molecule has 0 N–H and O–H groups in total.